The summed E-state index contributed by atoms with van der Waals surface area (Å²) >= 11 is 0. The van der Waals surface area contributed by atoms with Crippen LogP contribution in [0.25, 0.3) is 11.0 Å². The predicted molar refractivity (Wildman–Crippen MR) is 52.4 cm³/mol. The molecule has 2 N–H and O–H groups in total. The van der Waals surface area contributed by atoms with Crippen LogP contribution in [0.4, 0.5) is 8.78 Å². The monoisotopic (exact) mass is 226 g/mol. The Balaban J connectivity index is 2.57. The number of hydrogen-bond donors (Lipinski definition) is 2. The summed E-state index contributed by atoms with van der Waals surface area (Å²) in [6.45, 7) is 0. The molecule has 0 fully saturated rings. The van der Waals surface area contributed by atoms with E-state index in [1.807, 2.05) is 0 Å². The molecule has 1 heterocycles. The van der Waals surface area contributed by atoms with E-state index in [4.69, 9.17) is 5.11 Å². The first-order valence-electron chi connectivity index (χ1n) is 4.54. The van der Waals surface area contributed by atoms with Gasteiger partial charge >= 0.3 is 5.97 Å². The van der Waals surface area contributed by atoms with E-state index in [-0.39, 0.29) is 11.1 Å². The molecule has 0 radical (unpaired) electrons. The minimum atomic E-state index is -2.70. The van der Waals surface area contributed by atoms with Crippen LogP contribution in [0.5, 0.6) is 0 Å². The lowest BCUT2D eigenvalue weighted by atomic mass is 10.0. The van der Waals surface area contributed by atoms with E-state index >= 15 is 0 Å². The van der Waals surface area contributed by atoms with Gasteiger partial charge in [0, 0.05) is 5.56 Å². The molecule has 1 aromatic carbocycles. The molecule has 4 nitrogen and oxygen atoms in total. The third kappa shape index (κ3) is 1.86. The Labute approximate surface area is 88.9 Å². The molecule has 0 atom stereocenters. The molecule has 16 heavy (non-hydrogen) atoms. The van der Waals surface area contributed by atoms with Crippen molar-refractivity contribution >= 4 is 17.0 Å². The number of alkyl halides is 2. The SMILES string of the molecule is O=C(O)Cc1cc2[nH]cnc2cc1C(F)F. The Morgan fingerprint density at radius 1 is 1.50 bits per heavy atom. The van der Waals surface area contributed by atoms with Crippen molar-refractivity contribution in [2.45, 2.75) is 12.8 Å². The Kier molecular flexibility index (Phi) is 2.55. The van der Waals surface area contributed by atoms with Gasteiger partial charge in [0.2, 0.25) is 0 Å². The van der Waals surface area contributed by atoms with E-state index in [0.29, 0.717) is 11.0 Å². The summed E-state index contributed by atoms with van der Waals surface area (Å²) in [5, 5.41) is 8.63. The second-order valence-electron chi connectivity index (χ2n) is 3.34. The van der Waals surface area contributed by atoms with Crippen molar-refractivity contribution in [3.8, 4) is 0 Å². The fraction of sp³-hybridized carbons (Fsp3) is 0.200. The molecular formula is C10H8F2N2O2. The average molecular weight is 226 g/mol. The molecule has 0 spiro atoms. The molecule has 0 bridgehead atoms. The Bertz CT molecular complexity index is 537. The average Bonchev–Trinajstić information content (AvgIpc) is 2.62. The Morgan fingerprint density at radius 3 is 2.88 bits per heavy atom. The smallest absolute Gasteiger partial charge is 0.307 e. The van der Waals surface area contributed by atoms with E-state index in [2.05, 4.69) is 9.97 Å². The first-order valence-corrected chi connectivity index (χ1v) is 4.54. The quantitative estimate of drug-likeness (QED) is 0.842. The minimum absolute atomic E-state index is 0.110. The van der Waals surface area contributed by atoms with Crippen molar-refractivity contribution in [1.82, 2.24) is 9.97 Å². The normalized spacial score (nSPS) is 11.2. The molecular weight excluding hydrogens is 218 g/mol. The van der Waals surface area contributed by atoms with E-state index in [1.54, 1.807) is 0 Å². The van der Waals surface area contributed by atoms with Crippen LogP contribution in [0.1, 0.15) is 17.6 Å². The van der Waals surface area contributed by atoms with Crippen LogP contribution in [0.2, 0.25) is 0 Å². The van der Waals surface area contributed by atoms with Gasteiger partial charge in [0.05, 0.1) is 23.8 Å². The van der Waals surface area contributed by atoms with Gasteiger partial charge in [0.1, 0.15) is 0 Å². The van der Waals surface area contributed by atoms with Crippen molar-refractivity contribution in [1.29, 1.82) is 0 Å². The maximum Gasteiger partial charge on any atom is 0.307 e. The number of carbonyl (C=O) groups is 1. The number of aromatic amines is 1. The summed E-state index contributed by atoms with van der Waals surface area (Å²) in [5.74, 6) is -1.14. The highest BCUT2D eigenvalue weighted by atomic mass is 19.3. The lowest BCUT2D eigenvalue weighted by Gasteiger charge is -2.06. The molecule has 6 heteroatoms. The fourth-order valence-electron chi connectivity index (χ4n) is 1.56. The third-order valence-electron chi connectivity index (χ3n) is 2.26. The lowest BCUT2D eigenvalue weighted by Crippen LogP contribution is -2.04. The first-order chi connectivity index (χ1) is 7.58. The van der Waals surface area contributed by atoms with Gasteiger partial charge in [-0.15, -0.1) is 0 Å². The number of halogens is 2. The van der Waals surface area contributed by atoms with Crippen LogP contribution in [0, 0.1) is 0 Å². The van der Waals surface area contributed by atoms with E-state index in [0.717, 1.165) is 0 Å². The number of aliphatic carboxylic acids is 1. The molecule has 0 aliphatic heterocycles. The number of benzene rings is 1. The first kappa shape index (κ1) is 10.5. The zero-order valence-corrected chi connectivity index (χ0v) is 8.08. The van der Waals surface area contributed by atoms with E-state index < -0.39 is 18.8 Å². The van der Waals surface area contributed by atoms with Gasteiger partial charge in [0.25, 0.3) is 6.43 Å². The molecule has 0 aliphatic rings. The number of aromatic nitrogens is 2. The van der Waals surface area contributed by atoms with Crippen molar-refractivity contribution in [3.63, 3.8) is 0 Å². The van der Waals surface area contributed by atoms with Gasteiger partial charge in [-0.3, -0.25) is 4.79 Å². The highest BCUT2D eigenvalue weighted by molar-refractivity contribution is 5.79. The Morgan fingerprint density at radius 2 is 2.25 bits per heavy atom. The number of fused-ring (bicyclic) bond motifs is 1. The maximum atomic E-state index is 12.7. The second-order valence-corrected chi connectivity index (χ2v) is 3.34. The van der Waals surface area contributed by atoms with Crippen LogP contribution < -0.4 is 0 Å². The highest BCUT2D eigenvalue weighted by Crippen LogP contribution is 2.27. The predicted octanol–water partition coefficient (Wildman–Crippen LogP) is 2.13. The molecule has 0 saturated carbocycles. The maximum absolute atomic E-state index is 12.7. The van der Waals surface area contributed by atoms with Crippen LogP contribution in [-0.2, 0) is 11.2 Å². The molecule has 0 amide bonds. The number of carboxylic acid groups (broad SMARTS) is 1. The van der Waals surface area contributed by atoms with Gasteiger partial charge in [-0.1, -0.05) is 0 Å². The molecule has 0 unspecified atom stereocenters. The summed E-state index contributed by atoms with van der Waals surface area (Å²) in [6.07, 6.45) is -1.74. The number of nitrogens with zero attached hydrogens (tertiary/aromatic N) is 1. The minimum Gasteiger partial charge on any atom is -0.481 e. The summed E-state index contributed by atoms with van der Waals surface area (Å²) < 4.78 is 25.4. The van der Waals surface area contributed by atoms with Gasteiger partial charge in [-0.25, -0.2) is 13.8 Å². The second kappa shape index (κ2) is 3.88. The number of carboxylic acids is 1. The van der Waals surface area contributed by atoms with Gasteiger partial charge in [-0.05, 0) is 17.7 Å². The fourth-order valence-corrected chi connectivity index (χ4v) is 1.56. The topological polar surface area (TPSA) is 66.0 Å². The van der Waals surface area contributed by atoms with Gasteiger partial charge in [0.15, 0.2) is 0 Å². The molecule has 0 aliphatic carbocycles. The van der Waals surface area contributed by atoms with Crippen molar-refractivity contribution in [3.05, 3.63) is 29.6 Å². The summed E-state index contributed by atoms with van der Waals surface area (Å²) in [5.41, 5.74) is 0.798. The zero-order valence-electron chi connectivity index (χ0n) is 8.08. The molecule has 84 valence electrons. The molecule has 1 aromatic heterocycles. The molecule has 2 aromatic rings. The molecule has 0 saturated heterocycles. The Hall–Kier alpha value is -1.98. The van der Waals surface area contributed by atoms with Crippen molar-refractivity contribution < 1.29 is 18.7 Å². The van der Waals surface area contributed by atoms with E-state index in [9.17, 15) is 13.6 Å². The van der Waals surface area contributed by atoms with Crippen LogP contribution >= 0.6 is 0 Å². The summed E-state index contributed by atoms with van der Waals surface area (Å²) in [6, 6.07) is 2.62. The largest absolute Gasteiger partial charge is 0.481 e. The van der Waals surface area contributed by atoms with E-state index in [1.165, 1.54) is 18.5 Å². The van der Waals surface area contributed by atoms with Gasteiger partial charge in [-0.2, -0.15) is 0 Å². The van der Waals surface area contributed by atoms with Crippen molar-refractivity contribution in [2.75, 3.05) is 0 Å². The lowest BCUT2D eigenvalue weighted by molar-refractivity contribution is -0.136. The molecule has 2 rings (SSSR count). The number of imidazole rings is 1. The number of rotatable bonds is 3. The van der Waals surface area contributed by atoms with Gasteiger partial charge < -0.3 is 10.1 Å². The summed E-state index contributed by atoms with van der Waals surface area (Å²) in [7, 11) is 0. The van der Waals surface area contributed by atoms with Crippen LogP contribution in [0.15, 0.2) is 18.5 Å². The number of hydrogen-bond acceptors (Lipinski definition) is 2. The van der Waals surface area contributed by atoms with Crippen LogP contribution in [-0.4, -0.2) is 21.0 Å². The third-order valence-corrected chi connectivity index (χ3v) is 2.26. The number of nitrogens with one attached hydrogen (secondary N) is 1. The highest BCUT2D eigenvalue weighted by Gasteiger charge is 2.16. The van der Waals surface area contributed by atoms with Crippen LogP contribution in [0.3, 0.4) is 0 Å². The number of H-pyrrole nitrogens is 1. The standard InChI is InChI=1S/C10H8F2N2O2/c11-10(12)6-3-8-7(13-4-14-8)1-5(6)2-9(15)16/h1,3-4,10H,2H2,(H,13,14)(H,15,16). The van der Waals surface area contributed by atoms with Crippen molar-refractivity contribution in [2.24, 2.45) is 0 Å². The summed E-state index contributed by atoms with van der Waals surface area (Å²) in [4.78, 5) is 17.1. The zero-order chi connectivity index (χ0) is 11.7.